The van der Waals surface area contributed by atoms with E-state index >= 15 is 0 Å². The fraction of sp³-hybridized carbons (Fsp3) is 0.833. The molecule has 0 heterocycles. The van der Waals surface area contributed by atoms with Gasteiger partial charge in [-0.3, -0.25) is 0 Å². The molecule has 0 radical (unpaired) electrons. The quantitative estimate of drug-likeness (QED) is 0.571. The van der Waals surface area contributed by atoms with Gasteiger partial charge in [-0.25, -0.2) is 9.59 Å². The lowest BCUT2D eigenvalue weighted by Gasteiger charge is -2.18. The van der Waals surface area contributed by atoms with Gasteiger partial charge in [0.1, 0.15) is 6.04 Å². The Morgan fingerprint density at radius 2 is 1.82 bits per heavy atom. The fourth-order valence-electron chi connectivity index (χ4n) is 1.46. The zero-order chi connectivity index (χ0) is 13.3. The van der Waals surface area contributed by atoms with Crippen molar-refractivity contribution in [1.29, 1.82) is 0 Å². The van der Waals surface area contributed by atoms with E-state index < -0.39 is 18.0 Å². The van der Waals surface area contributed by atoms with Crippen LogP contribution in [0.1, 0.15) is 46.5 Å². The normalized spacial score (nSPS) is 12.2. The van der Waals surface area contributed by atoms with E-state index in [0.717, 1.165) is 25.7 Å². The van der Waals surface area contributed by atoms with Crippen LogP contribution >= 0.6 is 0 Å². The van der Waals surface area contributed by atoms with E-state index in [9.17, 15) is 9.59 Å². The van der Waals surface area contributed by atoms with E-state index in [4.69, 9.17) is 5.11 Å². The van der Waals surface area contributed by atoms with Crippen molar-refractivity contribution in [2.45, 2.75) is 52.5 Å². The molecule has 0 aromatic heterocycles. The highest BCUT2D eigenvalue weighted by Crippen LogP contribution is 2.01. The van der Waals surface area contributed by atoms with Gasteiger partial charge < -0.3 is 15.7 Å². The van der Waals surface area contributed by atoms with Crippen molar-refractivity contribution in [1.82, 2.24) is 10.6 Å². The van der Waals surface area contributed by atoms with Gasteiger partial charge in [-0.2, -0.15) is 0 Å². The summed E-state index contributed by atoms with van der Waals surface area (Å²) >= 11 is 0. The molecule has 0 aliphatic heterocycles. The first-order valence-corrected chi connectivity index (χ1v) is 6.26. The molecule has 0 unspecified atom stereocenters. The minimum absolute atomic E-state index is 0.127. The summed E-state index contributed by atoms with van der Waals surface area (Å²) in [5, 5.41) is 14.0. The molecular weight excluding hydrogens is 220 g/mol. The molecule has 3 N–H and O–H groups in total. The van der Waals surface area contributed by atoms with Gasteiger partial charge in [0.2, 0.25) is 0 Å². The number of nitrogens with one attached hydrogen (secondary N) is 2. The number of carboxylic acid groups (broad SMARTS) is 1. The van der Waals surface area contributed by atoms with Crippen molar-refractivity contribution in [3.05, 3.63) is 0 Å². The molecule has 5 heteroatoms. The van der Waals surface area contributed by atoms with Crippen LogP contribution in [-0.4, -0.2) is 29.7 Å². The van der Waals surface area contributed by atoms with Crippen LogP contribution in [-0.2, 0) is 4.79 Å². The van der Waals surface area contributed by atoms with Crippen molar-refractivity contribution in [3.63, 3.8) is 0 Å². The Kier molecular flexibility index (Phi) is 8.19. The SMILES string of the molecule is CCCCCCNC(=O)N[C@@H](C(=O)O)C(C)C. The number of urea groups is 1. The molecule has 5 nitrogen and oxygen atoms in total. The predicted molar refractivity (Wildman–Crippen MR) is 66.9 cm³/mol. The predicted octanol–water partition coefficient (Wildman–Crippen LogP) is 1.98. The summed E-state index contributed by atoms with van der Waals surface area (Å²) in [4.78, 5) is 22.3. The van der Waals surface area contributed by atoms with Gasteiger partial charge in [-0.15, -0.1) is 0 Å². The molecule has 0 aliphatic carbocycles. The molecule has 0 aromatic rings. The van der Waals surface area contributed by atoms with Crippen LogP contribution < -0.4 is 10.6 Å². The maximum absolute atomic E-state index is 11.4. The highest BCUT2D eigenvalue weighted by atomic mass is 16.4. The van der Waals surface area contributed by atoms with Crippen LogP contribution in [0.25, 0.3) is 0 Å². The first kappa shape index (κ1) is 15.7. The van der Waals surface area contributed by atoms with Crippen LogP contribution in [0.3, 0.4) is 0 Å². The minimum atomic E-state index is -0.999. The molecule has 17 heavy (non-hydrogen) atoms. The highest BCUT2D eigenvalue weighted by Gasteiger charge is 2.22. The molecule has 0 saturated heterocycles. The Hall–Kier alpha value is -1.26. The monoisotopic (exact) mass is 244 g/mol. The van der Waals surface area contributed by atoms with E-state index in [-0.39, 0.29) is 5.92 Å². The van der Waals surface area contributed by atoms with Crippen molar-refractivity contribution in [2.75, 3.05) is 6.54 Å². The summed E-state index contributed by atoms with van der Waals surface area (Å²) in [7, 11) is 0. The van der Waals surface area contributed by atoms with Crippen LogP contribution in [0.15, 0.2) is 0 Å². The highest BCUT2D eigenvalue weighted by molar-refractivity contribution is 5.82. The first-order chi connectivity index (χ1) is 7.99. The maximum Gasteiger partial charge on any atom is 0.326 e. The third-order valence-corrected chi connectivity index (χ3v) is 2.54. The van der Waals surface area contributed by atoms with E-state index in [1.807, 2.05) is 0 Å². The van der Waals surface area contributed by atoms with E-state index in [0.29, 0.717) is 6.54 Å². The number of amides is 2. The number of aliphatic carboxylic acids is 1. The van der Waals surface area contributed by atoms with Crippen molar-refractivity contribution in [3.8, 4) is 0 Å². The minimum Gasteiger partial charge on any atom is -0.480 e. The molecule has 0 saturated carbocycles. The fourth-order valence-corrected chi connectivity index (χ4v) is 1.46. The zero-order valence-electron chi connectivity index (χ0n) is 11.0. The van der Waals surface area contributed by atoms with Crippen LogP contribution in [0.2, 0.25) is 0 Å². The number of carboxylic acids is 1. The molecule has 0 rings (SSSR count). The molecular formula is C12H24N2O3. The Morgan fingerprint density at radius 3 is 2.29 bits per heavy atom. The first-order valence-electron chi connectivity index (χ1n) is 6.26. The lowest BCUT2D eigenvalue weighted by molar-refractivity contribution is -0.140. The van der Waals surface area contributed by atoms with Gasteiger partial charge in [0.05, 0.1) is 0 Å². The average Bonchev–Trinajstić information content (AvgIpc) is 2.24. The molecule has 0 spiro atoms. The number of hydrogen-bond acceptors (Lipinski definition) is 2. The molecule has 1 atom stereocenters. The number of hydrogen-bond donors (Lipinski definition) is 3. The number of carbonyl (C=O) groups excluding carboxylic acids is 1. The molecule has 0 fully saturated rings. The smallest absolute Gasteiger partial charge is 0.326 e. The van der Waals surface area contributed by atoms with Crippen molar-refractivity contribution in [2.24, 2.45) is 5.92 Å². The lowest BCUT2D eigenvalue weighted by atomic mass is 10.1. The molecule has 0 aliphatic rings. The Bertz CT molecular complexity index is 242. The van der Waals surface area contributed by atoms with E-state index in [1.165, 1.54) is 0 Å². The van der Waals surface area contributed by atoms with Gasteiger partial charge in [0, 0.05) is 6.54 Å². The summed E-state index contributed by atoms with van der Waals surface area (Å²) in [6, 6.07) is -1.23. The third kappa shape index (κ3) is 7.60. The second-order valence-corrected chi connectivity index (χ2v) is 4.52. The molecule has 0 bridgehead atoms. The zero-order valence-corrected chi connectivity index (χ0v) is 11.0. The van der Waals surface area contributed by atoms with Crippen molar-refractivity contribution < 1.29 is 14.7 Å². The molecule has 0 aromatic carbocycles. The lowest BCUT2D eigenvalue weighted by Crippen LogP contribution is -2.48. The van der Waals surface area contributed by atoms with E-state index in [2.05, 4.69) is 17.6 Å². The van der Waals surface area contributed by atoms with Gasteiger partial charge in [0.25, 0.3) is 0 Å². The third-order valence-electron chi connectivity index (χ3n) is 2.54. The summed E-state index contributed by atoms with van der Waals surface area (Å²) < 4.78 is 0. The molecule has 2 amide bonds. The summed E-state index contributed by atoms with van der Waals surface area (Å²) in [5.41, 5.74) is 0. The second kappa shape index (κ2) is 8.84. The second-order valence-electron chi connectivity index (χ2n) is 4.52. The molecule has 100 valence electrons. The summed E-state index contributed by atoms with van der Waals surface area (Å²) in [6.07, 6.45) is 4.33. The van der Waals surface area contributed by atoms with Crippen molar-refractivity contribution >= 4 is 12.0 Å². The standard InChI is InChI=1S/C12H24N2O3/c1-4-5-6-7-8-13-12(17)14-10(9(2)3)11(15)16/h9-10H,4-8H2,1-3H3,(H,15,16)(H2,13,14,17)/t10-/m1/s1. The van der Waals surface area contributed by atoms with Gasteiger partial charge in [-0.1, -0.05) is 40.0 Å². The maximum atomic E-state index is 11.4. The van der Waals surface area contributed by atoms with Crippen LogP contribution in [0, 0.1) is 5.92 Å². The van der Waals surface area contributed by atoms with Gasteiger partial charge in [0.15, 0.2) is 0 Å². The van der Waals surface area contributed by atoms with Gasteiger partial charge in [-0.05, 0) is 12.3 Å². The Morgan fingerprint density at radius 1 is 1.18 bits per heavy atom. The van der Waals surface area contributed by atoms with Crippen LogP contribution in [0.5, 0.6) is 0 Å². The van der Waals surface area contributed by atoms with Gasteiger partial charge >= 0.3 is 12.0 Å². The number of carbonyl (C=O) groups is 2. The number of rotatable bonds is 8. The Balaban J connectivity index is 3.80. The summed E-state index contributed by atoms with van der Waals surface area (Å²) in [5.74, 6) is -1.13. The summed E-state index contributed by atoms with van der Waals surface area (Å²) in [6.45, 7) is 6.25. The Labute approximate surface area is 103 Å². The number of unbranched alkanes of at least 4 members (excludes halogenated alkanes) is 3. The van der Waals surface area contributed by atoms with E-state index in [1.54, 1.807) is 13.8 Å². The van der Waals surface area contributed by atoms with Crippen LogP contribution in [0.4, 0.5) is 4.79 Å². The largest absolute Gasteiger partial charge is 0.480 e. The average molecular weight is 244 g/mol. The topological polar surface area (TPSA) is 78.4 Å².